The van der Waals surface area contributed by atoms with Crippen molar-refractivity contribution in [3.8, 4) is 28.7 Å². The van der Waals surface area contributed by atoms with E-state index in [1.165, 1.54) is 95.1 Å². The topological polar surface area (TPSA) is 202 Å². The summed E-state index contributed by atoms with van der Waals surface area (Å²) >= 11 is 0. The van der Waals surface area contributed by atoms with Gasteiger partial charge in [-0.3, -0.25) is 0 Å². The van der Waals surface area contributed by atoms with E-state index >= 15 is 0 Å². The first-order valence-corrected chi connectivity index (χ1v) is 35.5. The lowest BCUT2D eigenvalue weighted by Gasteiger charge is -2.76. The van der Waals surface area contributed by atoms with Crippen molar-refractivity contribution in [2.75, 3.05) is 13.1 Å². The lowest BCUT2D eigenvalue weighted by molar-refractivity contribution is -0.230. The molecular weight excluding hydrogens is 1160 g/mol. The van der Waals surface area contributed by atoms with Crippen LogP contribution >= 0.6 is 0 Å². The number of aliphatic hydroxyl groups excluding tert-OH is 1. The number of fused-ring (bicyclic) bond motifs is 7. The Kier molecular flexibility index (Phi) is 15.0. The molecule has 12 heteroatoms. The number of aromatic amines is 2. The Morgan fingerprint density at radius 2 is 1.50 bits per heavy atom. The standard InChI is InChI=1S/C82H90N6O6/c89-69-29-21-51(39-72(69)92)20-27-61-62-15-6-16-70(90)74(62)76(94)75(93)63(61)28-19-49-17-22-55(23-18-49)66-42-79-43-67-56(40-64(68(44-79)87-67)54-11-2-1-3-12-54)46-83-35-31-53-38-60(85-45-53)14-5-9-50-8-4-10-52(36-50)37-58-24-25-59-41-65(79)78(88-66)82(73-47-84-48-86-73)77-71(91)30-26-57-13-7-32-80(57,77)33-34-81(58,59)82/h1-4,6,8,10-12,15-18,20-23,26-27,29-30,36,38-40,45,47-48,57-59,64-68,71,77-78,83,85,87-94H,5,7,9,13-14,19,24-25,28,31-35,37,41-44,46H2,(H,84,86)/b27-20+/t57-,58-,59-,64+,65-,66+,67+,68-,71-,77+,78+,79-,80+,81-,82-/m0/s1. The van der Waals surface area contributed by atoms with E-state index in [4.69, 9.17) is 10.3 Å². The summed E-state index contributed by atoms with van der Waals surface area (Å²) in [6, 6.07) is 42.8. The summed E-state index contributed by atoms with van der Waals surface area (Å²) in [5.74, 6) is 0.506. The molecule has 3 spiro atoms. The quantitative estimate of drug-likeness (QED) is 0.0395. The zero-order valence-corrected chi connectivity index (χ0v) is 53.8. The van der Waals surface area contributed by atoms with Gasteiger partial charge in [-0.25, -0.2) is 4.98 Å². The Labute approximate surface area is 551 Å². The number of phenolic OH excluding ortho intramolecular Hbond substituents is 5. The second-order valence-corrected chi connectivity index (χ2v) is 30.4. The van der Waals surface area contributed by atoms with Crippen LogP contribution < -0.4 is 16.0 Å². The number of aromatic nitrogens is 3. The molecule has 2 saturated heterocycles. The fourth-order valence-electron chi connectivity index (χ4n) is 22.6. The van der Waals surface area contributed by atoms with Gasteiger partial charge >= 0.3 is 0 Å². The maximum Gasteiger partial charge on any atom is 0.169 e. The van der Waals surface area contributed by atoms with E-state index in [0.717, 1.165) is 89.3 Å². The molecule has 0 unspecified atom stereocenters. The number of aromatic hydroxyl groups is 5. The molecule has 6 aromatic carbocycles. The number of benzene rings is 6. The fourth-order valence-corrected chi connectivity index (χ4v) is 22.6. The lowest BCUT2D eigenvalue weighted by Crippen LogP contribution is -2.79. The summed E-state index contributed by atoms with van der Waals surface area (Å²) in [6.07, 6.45) is 35.3. The minimum Gasteiger partial charge on any atom is -0.507 e. The summed E-state index contributed by atoms with van der Waals surface area (Å²) in [4.78, 5) is 12.8. The van der Waals surface area contributed by atoms with Crippen LogP contribution in [-0.4, -0.2) is 82.9 Å². The first-order valence-electron chi connectivity index (χ1n) is 35.5. The van der Waals surface area contributed by atoms with Gasteiger partial charge < -0.3 is 56.6 Å². The SMILES string of the molecule is Oc1ccc(/C=C/c2c(CCc3ccc([C@H]4C[C@@]56C[C@@H]7N[C@H](C5)C(=C[C@@H]7c5ccccc5)CNCCc5c[nH]c(c5)CCCc5cccc(c5)C[C@@H]5CC[C@H]7C[C@H]6[C@@H](N4)[C@]4(c6cnc[nH]6)[C@@H]6[C@@H](O)C=C[C@@H]8CCC[C@@]86CC[C@]574)cc3)c(O)c(O)c3c(O)cccc23)cc1O. The third-order valence-electron chi connectivity index (χ3n) is 26.2. The van der Waals surface area contributed by atoms with Crippen LogP contribution in [0.25, 0.3) is 22.9 Å². The van der Waals surface area contributed by atoms with Gasteiger partial charge in [-0.05, 0) is 235 Å². The summed E-state index contributed by atoms with van der Waals surface area (Å²) in [5.41, 5.74) is 13.0. The number of allylic oxidation sites excluding steroid dienone is 1. The maximum absolute atomic E-state index is 13.7. The third-order valence-corrected chi connectivity index (χ3v) is 26.2. The Morgan fingerprint density at radius 3 is 2.36 bits per heavy atom. The van der Waals surface area contributed by atoms with Crippen molar-refractivity contribution in [2.24, 2.45) is 45.8 Å². The summed E-state index contributed by atoms with van der Waals surface area (Å²) in [5, 5.41) is 82.7. The number of hydrogen-bond acceptors (Lipinski definition) is 10. The molecule has 11 N–H and O–H groups in total. The van der Waals surface area contributed by atoms with Crippen molar-refractivity contribution in [1.29, 1.82) is 0 Å². The predicted octanol–water partition coefficient (Wildman–Crippen LogP) is 14.3. The van der Waals surface area contributed by atoms with Crippen LogP contribution in [0.2, 0.25) is 0 Å². The molecule has 5 aliphatic heterocycles. The third kappa shape index (κ3) is 9.60. The number of imidazole rings is 1. The predicted molar refractivity (Wildman–Crippen MR) is 370 cm³/mol. The van der Waals surface area contributed by atoms with E-state index in [1.54, 1.807) is 18.2 Å². The highest BCUT2D eigenvalue weighted by atomic mass is 16.3. The molecule has 4 saturated carbocycles. The summed E-state index contributed by atoms with van der Waals surface area (Å²) in [6.45, 7) is 1.72. The summed E-state index contributed by atoms with van der Waals surface area (Å²) < 4.78 is 0. The van der Waals surface area contributed by atoms with Gasteiger partial charge in [-0.2, -0.15) is 0 Å². The Balaban J connectivity index is 0.809. The molecule has 6 fully saturated rings. The molecule has 8 aromatic rings. The number of aryl methyl sites for hydroxylation is 3. The van der Waals surface area contributed by atoms with Crippen LogP contribution in [0, 0.1) is 45.8 Å². The van der Waals surface area contributed by atoms with E-state index in [2.05, 4.69) is 136 Å². The molecule has 12 bridgehead atoms. The molecule has 0 amide bonds. The van der Waals surface area contributed by atoms with Gasteiger partial charge in [0, 0.05) is 77.3 Å². The second-order valence-electron chi connectivity index (χ2n) is 30.4. The van der Waals surface area contributed by atoms with Crippen molar-refractivity contribution in [3.63, 3.8) is 0 Å². The molecule has 484 valence electrons. The average Bonchev–Trinajstić information content (AvgIpc) is 1.24. The Hall–Kier alpha value is -7.87. The van der Waals surface area contributed by atoms with Crippen molar-refractivity contribution < 1.29 is 30.6 Å². The average molecular weight is 1260 g/mol. The van der Waals surface area contributed by atoms with Gasteiger partial charge in [-0.1, -0.05) is 134 Å². The Morgan fingerprint density at radius 1 is 0.649 bits per heavy atom. The molecule has 12 nitrogen and oxygen atoms in total. The first kappa shape index (κ1) is 59.8. The number of rotatable bonds is 8. The monoisotopic (exact) mass is 1250 g/mol. The van der Waals surface area contributed by atoms with Crippen LogP contribution in [-0.2, 0) is 43.9 Å². The van der Waals surface area contributed by atoms with Crippen molar-refractivity contribution in [1.82, 2.24) is 30.9 Å². The molecule has 10 aliphatic rings. The van der Waals surface area contributed by atoms with Gasteiger partial charge in [0.05, 0.1) is 17.8 Å². The zero-order valence-electron chi connectivity index (χ0n) is 53.8. The van der Waals surface area contributed by atoms with Crippen LogP contribution in [0.4, 0.5) is 0 Å². The van der Waals surface area contributed by atoms with E-state index in [-0.39, 0.29) is 86.4 Å². The molecule has 15 atom stereocenters. The van der Waals surface area contributed by atoms with Gasteiger partial charge in [0.1, 0.15) is 5.75 Å². The number of aliphatic hydroxyl groups is 1. The highest BCUT2D eigenvalue weighted by Crippen LogP contribution is 2.80. The number of hydrogen-bond donors (Lipinski definition) is 11. The molecule has 0 radical (unpaired) electrons. The molecule has 5 aliphatic carbocycles. The number of nitrogens with one attached hydrogen (secondary N) is 5. The van der Waals surface area contributed by atoms with Crippen LogP contribution in [0.5, 0.6) is 28.7 Å². The van der Waals surface area contributed by atoms with Gasteiger partial charge in [0.25, 0.3) is 0 Å². The minimum absolute atomic E-state index is 0.00590. The molecule has 2 aromatic heterocycles. The number of nitrogens with zero attached hydrogens (tertiary/aromatic N) is 1. The first-order chi connectivity index (χ1) is 45.9. The zero-order chi connectivity index (χ0) is 63.5. The highest BCUT2D eigenvalue weighted by Gasteiger charge is 2.80. The van der Waals surface area contributed by atoms with Crippen LogP contribution in [0.3, 0.4) is 0 Å². The summed E-state index contributed by atoms with van der Waals surface area (Å²) in [7, 11) is 0. The number of phenols is 5. The van der Waals surface area contributed by atoms with Gasteiger partial charge in [0.15, 0.2) is 23.0 Å². The Bertz CT molecular complexity index is 4250. The molecule has 7 heterocycles. The van der Waals surface area contributed by atoms with E-state index in [0.29, 0.717) is 58.6 Å². The van der Waals surface area contributed by atoms with E-state index in [1.807, 2.05) is 18.5 Å². The van der Waals surface area contributed by atoms with Crippen molar-refractivity contribution in [2.45, 2.75) is 157 Å². The molecule has 18 rings (SSSR count). The highest BCUT2D eigenvalue weighted by molar-refractivity contribution is 6.03. The minimum atomic E-state index is -0.614. The fraction of sp³-hybridized carbons (Fsp3) is 0.427. The molecular formula is C82H90N6O6. The maximum atomic E-state index is 13.7. The van der Waals surface area contributed by atoms with Crippen molar-refractivity contribution in [3.05, 3.63) is 225 Å². The second kappa shape index (κ2) is 23.5. The van der Waals surface area contributed by atoms with E-state index < -0.39 is 11.5 Å². The van der Waals surface area contributed by atoms with Crippen LogP contribution in [0.15, 0.2) is 164 Å². The molecule has 94 heavy (non-hydrogen) atoms. The van der Waals surface area contributed by atoms with Crippen LogP contribution in [0.1, 0.15) is 150 Å². The van der Waals surface area contributed by atoms with Gasteiger partial charge in [0.2, 0.25) is 0 Å². The largest absolute Gasteiger partial charge is 0.507 e. The number of H-pyrrole nitrogens is 2. The van der Waals surface area contributed by atoms with Crippen molar-refractivity contribution >= 4 is 22.9 Å². The number of piperidine rings is 2. The normalized spacial score (nSPS) is 33.5. The van der Waals surface area contributed by atoms with E-state index in [9.17, 15) is 30.6 Å². The lowest BCUT2D eigenvalue weighted by atomic mass is 9.30. The smallest absolute Gasteiger partial charge is 0.169 e. The van der Waals surface area contributed by atoms with Gasteiger partial charge in [-0.15, -0.1) is 0 Å².